The van der Waals surface area contributed by atoms with Gasteiger partial charge in [-0.05, 0) is 27.7 Å². The summed E-state index contributed by atoms with van der Waals surface area (Å²) in [5.74, 6) is -0.335. The minimum absolute atomic E-state index is 0.0526. The van der Waals surface area contributed by atoms with Gasteiger partial charge in [-0.25, -0.2) is 17.9 Å². The van der Waals surface area contributed by atoms with Gasteiger partial charge in [0.1, 0.15) is 22.0 Å². The van der Waals surface area contributed by atoms with Gasteiger partial charge in [0.2, 0.25) is 10.0 Å². The van der Waals surface area contributed by atoms with Gasteiger partial charge in [0.25, 0.3) is 0 Å². The van der Waals surface area contributed by atoms with E-state index in [2.05, 4.69) is 9.46 Å². The van der Waals surface area contributed by atoms with E-state index in [4.69, 9.17) is 4.42 Å². The fourth-order valence-electron chi connectivity index (χ4n) is 1.69. The normalized spacial score (nSPS) is 11.9. The molecule has 0 unspecified atom stereocenters. The number of sulfonamides is 1. The number of aryl methyl sites for hydroxylation is 2. The maximum absolute atomic E-state index is 12.1. The van der Waals surface area contributed by atoms with Crippen LogP contribution < -0.4 is 4.72 Å². The molecule has 0 bridgehead atoms. The zero-order valence-electron chi connectivity index (χ0n) is 11.0. The van der Waals surface area contributed by atoms with E-state index in [-0.39, 0.29) is 28.0 Å². The first-order chi connectivity index (χ1) is 8.20. The molecule has 0 saturated carbocycles. The molecule has 102 valence electrons. The Kier molecular flexibility index (Phi) is 4.18. The van der Waals surface area contributed by atoms with E-state index in [1.807, 2.05) is 0 Å². The lowest BCUT2D eigenvalue weighted by Crippen LogP contribution is -2.31. The fraction of sp³-hybridized carbons (Fsp3) is 0.545. The summed E-state index contributed by atoms with van der Waals surface area (Å²) in [4.78, 5) is 11.5. The molecule has 0 fully saturated rings. The number of methoxy groups -OCH3 is 1. The van der Waals surface area contributed by atoms with Crippen LogP contribution in [-0.2, 0) is 14.8 Å². The number of ether oxygens (including phenoxy) is 1. The van der Waals surface area contributed by atoms with E-state index in [1.54, 1.807) is 13.8 Å². The highest BCUT2D eigenvalue weighted by Gasteiger charge is 2.31. The topological polar surface area (TPSA) is 85.6 Å². The lowest BCUT2D eigenvalue weighted by atomic mass is 10.2. The molecule has 6 nitrogen and oxygen atoms in total. The average Bonchev–Trinajstić information content (AvgIpc) is 2.51. The molecule has 1 rings (SSSR count). The molecule has 0 aliphatic heterocycles. The summed E-state index contributed by atoms with van der Waals surface area (Å²) < 4.78 is 36.5. The van der Waals surface area contributed by atoms with Gasteiger partial charge in [-0.3, -0.25) is 0 Å². The van der Waals surface area contributed by atoms with Gasteiger partial charge >= 0.3 is 5.97 Å². The van der Waals surface area contributed by atoms with Crippen molar-refractivity contribution in [2.75, 3.05) is 7.11 Å². The number of esters is 1. The molecule has 1 aromatic rings. The summed E-state index contributed by atoms with van der Waals surface area (Å²) in [7, 11) is -2.61. The van der Waals surface area contributed by atoms with Gasteiger partial charge in [-0.1, -0.05) is 0 Å². The van der Waals surface area contributed by atoms with Crippen molar-refractivity contribution in [2.45, 2.75) is 38.6 Å². The van der Waals surface area contributed by atoms with E-state index >= 15 is 0 Å². The van der Waals surface area contributed by atoms with Gasteiger partial charge in [0.15, 0.2) is 0 Å². The minimum atomic E-state index is -3.80. The van der Waals surface area contributed by atoms with Crippen LogP contribution in [0.1, 0.15) is 35.7 Å². The SMILES string of the molecule is COC(=O)c1c(C)oc(C)c1S(=O)(=O)NC(C)C. The van der Waals surface area contributed by atoms with Crippen molar-refractivity contribution in [3.63, 3.8) is 0 Å². The van der Waals surface area contributed by atoms with E-state index < -0.39 is 16.0 Å². The number of furan rings is 1. The number of rotatable bonds is 4. The maximum atomic E-state index is 12.1. The molecule has 18 heavy (non-hydrogen) atoms. The molecule has 0 aromatic carbocycles. The quantitative estimate of drug-likeness (QED) is 0.839. The van der Waals surface area contributed by atoms with E-state index in [9.17, 15) is 13.2 Å². The van der Waals surface area contributed by atoms with Crippen LogP contribution in [0.4, 0.5) is 0 Å². The first-order valence-corrected chi connectivity index (χ1v) is 6.89. The van der Waals surface area contributed by atoms with Gasteiger partial charge < -0.3 is 9.15 Å². The molecule has 0 radical (unpaired) electrons. The Morgan fingerprint density at radius 2 is 1.83 bits per heavy atom. The van der Waals surface area contributed by atoms with Crippen LogP contribution in [-0.4, -0.2) is 27.5 Å². The molecule has 1 aromatic heterocycles. The van der Waals surface area contributed by atoms with Crippen LogP contribution >= 0.6 is 0 Å². The number of hydrogen-bond donors (Lipinski definition) is 1. The third-order valence-corrected chi connectivity index (χ3v) is 4.06. The predicted octanol–water partition coefficient (Wildman–Crippen LogP) is 1.37. The second kappa shape index (κ2) is 5.11. The Bertz CT molecular complexity index is 556. The standard InChI is InChI=1S/C11H17NO5S/c1-6(2)12-18(14,15)10-8(4)17-7(3)9(10)11(13)16-5/h6,12H,1-5H3. The van der Waals surface area contributed by atoms with E-state index in [1.165, 1.54) is 21.0 Å². The van der Waals surface area contributed by atoms with Gasteiger partial charge in [0, 0.05) is 6.04 Å². The molecule has 0 amide bonds. The molecule has 0 saturated heterocycles. The fourth-order valence-corrected chi connectivity index (χ4v) is 3.35. The molecule has 0 spiro atoms. The molecule has 1 N–H and O–H groups in total. The number of nitrogens with one attached hydrogen (secondary N) is 1. The van der Waals surface area contributed by atoms with E-state index in [0.29, 0.717) is 0 Å². The Morgan fingerprint density at radius 1 is 1.28 bits per heavy atom. The lowest BCUT2D eigenvalue weighted by molar-refractivity contribution is 0.0595. The maximum Gasteiger partial charge on any atom is 0.342 e. The van der Waals surface area contributed by atoms with Gasteiger partial charge in [-0.2, -0.15) is 0 Å². The van der Waals surface area contributed by atoms with Crippen LogP contribution in [0.5, 0.6) is 0 Å². The van der Waals surface area contributed by atoms with Crippen molar-refractivity contribution in [1.82, 2.24) is 4.72 Å². The third kappa shape index (κ3) is 2.73. The summed E-state index contributed by atoms with van der Waals surface area (Å²) in [6, 6.07) is -0.282. The largest absolute Gasteiger partial charge is 0.465 e. The highest BCUT2D eigenvalue weighted by atomic mass is 32.2. The van der Waals surface area contributed by atoms with E-state index in [0.717, 1.165) is 0 Å². The Labute approximate surface area is 106 Å². The molecule has 0 aliphatic rings. The summed E-state index contributed by atoms with van der Waals surface area (Å²) in [6.45, 7) is 6.40. The monoisotopic (exact) mass is 275 g/mol. The van der Waals surface area contributed by atoms with Crippen molar-refractivity contribution in [1.29, 1.82) is 0 Å². The Balaban J connectivity index is 3.45. The molecule has 0 atom stereocenters. The highest BCUT2D eigenvalue weighted by Crippen LogP contribution is 2.27. The van der Waals surface area contributed by atoms with Crippen molar-refractivity contribution in [2.24, 2.45) is 0 Å². The molecule has 0 aliphatic carbocycles. The number of carbonyl (C=O) groups is 1. The van der Waals surface area contributed by atoms with Crippen LogP contribution in [0.25, 0.3) is 0 Å². The van der Waals surface area contributed by atoms with Crippen LogP contribution in [0, 0.1) is 13.8 Å². The highest BCUT2D eigenvalue weighted by molar-refractivity contribution is 7.89. The summed E-state index contributed by atoms with van der Waals surface area (Å²) >= 11 is 0. The molecule has 1 heterocycles. The second-order valence-electron chi connectivity index (χ2n) is 4.19. The van der Waals surface area contributed by atoms with Crippen LogP contribution in [0.3, 0.4) is 0 Å². The Morgan fingerprint density at radius 3 is 2.28 bits per heavy atom. The summed E-state index contributed by atoms with van der Waals surface area (Å²) in [5, 5.41) is 0. The molecular weight excluding hydrogens is 258 g/mol. The zero-order valence-corrected chi connectivity index (χ0v) is 11.8. The zero-order chi connectivity index (χ0) is 14.1. The smallest absolute Gasteiger partial charge is 0.342 e. The van der Waals surface area contributed by atoms with Crippen molar-refractivity contribution in [3.05, 3.63) is 17.1 Å². The third-order valence-electron chi connectivity index (χ3n) is 2.25. The van der Waals surface area contributed by atoms with Gasteiger partial charge in [-0.15, -0.1) is 0 Å². The van der Waals surface area contributed by atoms with Gasteiger partial charge in [0.05, 0.1) is 7.11 Å². The lowest BCUT2D eigenvalue weighted by Gasteiger charge is -2.10. The van der Waals surface area contributed by atoms with Crippen molar-refractivity contribution in [3.8, 4) is 0 Å². The minimum Gasteiger partial charge on any atom is -0.465 e. The molecule has 7 heteroatoms. The van der Waals surface area contributed by atoms with Crippen molar-refractivity contribution < 1.29 is 22.4 Å². The molecular formula is C11H17NO5S. The number of carbonyl (C=O) groups excluding carboxylic acids is 1. The number of hydrogen-bond acceptors (Lipinski definition) is 5. The Hall–Kier alpha value is -1.34. The second-order valence-corrected chi connectivity index (χ2v) is 5.84. The summed E-state index contributed by atoms with van der Waals surface area (Å²) in [5.41, 5.74) is -0.0526. The predicted molar refractivity (Wildman–Crippen MR) is 65.0 cm³/mol. The van der Waals surface area contributed by atoms with Crippen LogP contribution in [0.15, 0.2) is 9.31 Å². The average molecular weight is 275 g/mol. The first-order valence-electron chi connectivity index (χ1n) is 5.41. The first kappa shape index (κ1) is 14.7. The van der Waals surface area contributed by atoms with Crippen molar-refractivity contribution >= 4 is 16.0 Å². The van der Waals surface area contributed by atoms with Crippen LogP contribution in [0.2, 0.25) is 0 Å². The summed E-state index contributed by atoms with van der Waals surface area (Å²) in [6.07, 6.45) is 0.